The van der Waals surface area contributed by atoms with Crippen LogP contribution in [0.15, 0.2) is 0 Å². The second-order valence-electron chi connectivity index (χ2n) is 5.23. The molecule has 3 heteroatoms. The molecule has 2 rings (SSSR count). The van der Waals surface area contributed by atoms with E-state index in [-0.39, 0.29) is 0 Å². The van der Waals surface area contributed by atoms with E-state index in [0.717, 1.165) is 45.8 Å². The van der Waals surface area contributed by atoms with Gasteiger partial charge in [0.25, 0.3) is 0 Å². The predicted molar refractivity (Wildman–Crippen MR) is 75.3 cm³/mol. The van der Waals surface area contributed by atoms with Gasteiger partial charge in [0.15, 0.2) is 0 Å². The van der Waals surface area contributed by atoms with Crippen molar-refractivity contribution in [2.75, 3.05) is 32.8 Å². The zero-order chi connectivity index (χ0) is 13.1. The first kappa shape index (κ1) is 13.6. The summed E-state index contributed by atoms with van der Waals surface area (Å²) in [6, 6.07) is 0. The maximum atomic E-state index is 5.39. The zero-order valence-corrected chi connectivity index (χ0v) is 12.3. The van der Waals surface area contributed by atoms with Gasteiger partial charge in [-0.05, 0) is 38.3 Å². The first-order chi connectivity index (χ1) is 8.65. The van der Waals surface area contributed by atoms with E-state index in [1.54, 1.807) is 0 Å². The molecule has 1 saturated heterocycles. The van der Waals surface area contributed by atoms with Crippen molar-refractivity contribution in [1.29, 1.82) is 0 Å². The van der Waals surface area contributed by atoms with Crippen molar-refractivity contribution in [3.05, 3.63) is 22.5 Å². The van der Waals surface area contributed by atoms with Crippen LogP contribution in [0.5, 0.6) is 0 Å². The van der Waals surface area contributed by atoms with E-state index < -0.39 is 0 Å². The zero-order valence-electron chi connectivity index (χ0n) is 12.3. The number of hydrogen-bond acceptors (Lipinski definition) is 2. The van der Waals surface area contributed by atoms with Crippen LogP contribution in [0.2, 0.25) is 0 Å². The summed E-state index contributed by atoms with van der Waals surface area (Å²) in [5.74, 6) is 0. The lowest BCUT2D eigenvalue weighted by molar-refractivity contribution is 0.0363. The summed E-state index contributed by atoms with van der Waals surface area (Å²) in [7, 11) is 0. The smallest absolute Gasteiger partial charge is 0.0594 e. The minimum atomic E-state index is 0.892. The largest absolute Gasteiger partial charge is 0.379 e. The number of morpholine rings is 1. The number of nitrogens with zero attached hydrogens (tertiary/aromatic N) is 2. The fraction of sp³-hybridized carbons (Fsp3) is 0.733. The molecular weight excluding hydrogens is 224 g/mol. The molecule has 0 unspecified atom stereocenters. The summed E-state index contributed by atoms with van der Waals surface area (Å²) in [5, 5.41) is 0. The molecule has 102 valence electrons. The SMILES string of the molecule is CCc1c(C)c(C)n(CCN2CCOCC2)c1C. The molecule has 0 atom stereocenters. The Morgan fingerprint density at radius 3 is 2.22 bits per heavy atom. The molecule has 1 fully saturated rings. The van der Waals surface area contributed by atoms with Crippen LogP contribution in [0.4, 0.5) is 0 Å². The van der Waals surface area contributed by atoms with E-state index in [0.29, 0.717) is 0 Å². The van der Waals surface area contributed by atoms with Gasteiger partial charge in [0, 0.05) is 37.6 Å². The molecule has 0 N–H and O–H groups in total. The van der Waals surface area contributed by atoms with Crippen LogP contribution < -0.4 is 0 Å². The first-order valence-electron chi connectivity index (χ1n) is 7.10. The van der Waals surface area contributed by atoms with Gasteiger partial charge in [-0.25, -0.2) is 0 Å². The molecule has 0 saturated carbocycles. The van der Waals surface area contributed by atoms with Crippen molar-refractivity contribution in [3.8, 4) is 0 Å². The van der Waals surface area contributed by atoms with E-state index in [2.05, 4.69) is 37.2 Å². The maximum absolute atomic E-state index is 5.39. The summed E-state index contributed by atoms with van der Waals surface area (Å²) < 4.78 is 7.88. The third kappa shape index (κ3) is 2.62. The summed E-state index contributed by atoms with van der Waals surface area (Å²) in [6.45, 7) is 15.2. The normalized spacial score (nSPS) is 17.3. The highest BCUT2D eigenvalue weighted by Crippen LogP contribution is 2.21. The highest BCUT2D eigenvalue weighted by molar-refractivity contribution is 5.36. The Kier molecular flexibility index (Phi) is 4.46. The maximum Gasteiger partial charge on any atom is 0.0594 e. The van der Waals surface area contributed by atoms with Crippen LogP contribution in [0.1, 0.15) is 29.4 Å². The third-order valence-electron chi connectivity index (χ3n) is 4.34. The van der Waals surface area contributed by atoms with Crippen LogP contribution >= 0.6 is 0 Å². The molecular formula is C15H26N2O. The van der Waals surface area contributed by atoms with Crippen molar-refractivity contribution in [2.24, 2.45) is 0 Å². The lowest BCUT2D eigenvalue weighted by Crippen LogP contribution is -2.38. The van der Waals surface area contributed by atoms with Crippen LogP contribution in [0.3, 0.4) is 0 Å². The van der Waals surface area contributed by atoms with Gasteiger partial charge in [-0.2, -0.15) is 0 Å². The molecule has 1 aliphatic rings. The van der Waals surface area contributed by atoms with E-state index in [9.17, 15) is 0 Å². The Morgan fingerprint density at radius 2 is 1.67 bits per heavy atom. The summed E-state index contributed by atoms with van der Waals surface area (Å²) in [5.41, 5.74) is 5.92. The average molecular weight is 250 g/mol. The minimum Gasteiger partial charge on any atom is -0.379 e. The summed E-state index contributed by atoms with van der Waals surface area (Å²) >= 11 is 0. The highest BCUT2D eigenvalue weighted by atomic mass is 16.5. The number of ether oxygens (including phenoxy) is 1. The molecule has 0 bridgehead atoms. The summed E-state index contributed by atoms with van der Waals surface area (Å²) in [4.78, 5) is 2.50. The fourth-order valence-corrected chi connectivity index (χ4v) is 3.03. The van der Waals surface area contributed by atoms with E-state index in [1.165, 1.54) is 22.5 Å². The molecule has 0 radical (unpaired) electrons. The van der Waals surface area contributed by atoms with E-state index in [1.807, 2.05) is 0 Å². The second kappa shape index (κ2) is 5.89. The fourth-order valence-electron chi connectivity index (χ4n) is 3.03. The third-order valence-corrected chi connectivity index (χ3v) is 4.34. The number of aromatic nitrogens is 1. The standard InChI is InChI=1S/C15H26N2O/c1-5-15-12(2)13(3)17(14(15)4)7-6-16-8-10-18-11-9-16/h5-11H2,1-4H3. The highest BCUT2D eigenvalue weighted by Gasteiger charge is 2.15. The van der Waals surface area contributed by atoms with Crippen molar-refractivity contribution >= 4 is 0 Å². The topological polar surface area (TPSA) is 17.4 Å². The first-order valence-corrected chi connectivity index (χ1v) is 7.10. The molecule has 2 heterocycles. The Hall–Kier alpha value is -0.800. The molecule has 0 amide bonds. The molecule has 3 nitrogen and oxygen atoms in total. The number of hydrogen-bond donors (Lipinski definition) is 0. The van der Waals surface area contributed by atoms with Gasteiger partial charge >= 0.3 is 0 Å². The lowest BCUT2D eigenvalue weighted by atomic mass is 10.1. The van der Waals surface area contributed by atoms with Gasteiger partial charge in [-0.3, -0.25) is 4.90 Å². The molecule has 1 aliphatic heterocycles. The van der Waals surface area contributed by atoms with Gasteiger partial charge in [-0.15, -0.1) is 0 Å². The van der Waals surface area contributed by atoms with Crippen molar-refractivity contribution in [3.63, 3.8) is 0 Å². The minimum absolute atomic E-state index is 0.892. The van der Waals surface area contributed by atoms with Gasteiger partial charge in [-0.1, -0.05) is 6.92 Å². The Bertz CT molecular complexity index is 403. The Morgan fingerprint density at radius 1 is 1.00 bits per heavy atom. The average Bonchev–Trinajstić information content (AvgIpc) is 2.60. The molecule has 1 aromatic heterocycles. The van der Waals surface area contributed by atoms with E-state index >= 15 is 0 Å². The van der Waals surface area contributed by atoms with Gasteiger partial charge in [0.05, 0.1) is 13.2 Å². The van der Waals surface area contributed by atoms with Gasteiger partial charge < -0.3 is 9.30 Å². The number of rotatable bonds is 4. The lowest BCUT2D eigenvalue weighted by Gasteiger charge is -2.27. The molecule has 0 aromatic carbocycles. The van der Waals surface area contributed by atoms with Crippen molar-refractivity contribution in [2.45, 2.75) is 40.7 Å². The van der Waals surface area contributed by atoms with Crippen LogP contribution in [0, 0.1) is 20.8 Å². The molecule has 0 spiro atoms. The molecule has 1 aromatic rings. The molecule has 0 aliphatic carbocycles. The van der Waals surface area contributed by atoms with Crippen molar-refractivity contribution < 1.29 is 4.74 Å². The quantitative estimate of drug-likeness (QED) is 0.816. The van der Waals surface area contributed by atoms with E-state index in [4.69, 9.17) is 4.74 Å². The van der Waals surface area contributed by atoms with Gasteiger partial charge in [0.1, 0.15) is 0 Å². The second-order valence-corrected chi connectivity index (χ2v) is 5.23. The predicted octanol–water partition coefficient (Wildman–Crippen LogP) is 2.31. The van der Waals surface area contributed by atoms with Crippen LogP contribution in [-0.4, -0.2) is 42.3 Å². The summed E-state index contributed by atoms with van der Waals surface area (Å²) in [6.07, 6.45) is 1.14. The molecule has 18 heavy (non-hydrogen) atoms. The Balaban J connectivity index is 2.04. The monoisotopic (exact) mass is 250 g/mol. The van der Waals surface area contributed by atoms with Crippen LogP contribution in [-0.2, 0) is 17.7 Å². The van der Waals surface area contributed by atoms with Crippen LogP contribution in [0.25, 0.3) is 0 Å². The van der Waals surface area contributed by atoms with Crippen molar-refractivity contribution in [1.82, 2.24) is 9.47 Å². The van der Waals surface area contributed by atoms with Gasteiger partial charge in [0.2, 0.25) is 0 Å². The Labute approximate surface area is 111 Å².